The number of hydrogen-bond donors (Lipinski definition) is 0. The largest absolute Gasteiger partial charge is 0.333 e. The summed E-state index contributed by atoms with van der Waals surface area (Å²) in [5, 5.41) is 3.78. The summed E-state index contributed by atoms with van der Waals surface area (Å²) in [6.07, 6.45) is 1.85. The normalized spacial score (nSPS) is 15.5. The molecule has 2 heterocycles. The van der Waals surface area contributed by atoms with Crippen LogP contribution < -0.4 is 5.56 Å². The van der Waals surface area contributed by atoms with Crippen molar-refractivity contribution in [3.8, 4) is 0 Å². The number of amides is 1. The average molecular weight is 221 g/mol. The predicted molar refractivity (Wildman–Crippen MR) is 54.7 cm³/mol. The zero-order valence-electron chi connectivity index (χ0n) is 8.63. The van der Waals surface area contributed by atoms with Crippen LogP contribution in [0.5, 0.6) is 0 Å². The lowest BCUT2D eigenvalue weighted by Crippen LogP contribution is -2.35. The van der Waals surface area contributed by atoms with Crippen molar-refractivity contribution >= 4 is 11.7 Å². The van der Waals surface area contributed by atoms with Crippen molar-refractivity contribution < 1.29 is 9.59 Å². The van der Waals surface area contributed by atoms with E-state index in [0.29, 0.717) is 13.0 Å². The van der Waals surface area contributed by atoms with Crippen LogP contribution in [0.15, 0.2) is 23.1 Å². The van der Waals surface area contributed by atoms with Gasteiger partial charge >= 0.3 is 0 Å². The molecule has 6 nitrogen and oxygen atoms in total. The number of hydrogen-bond acceptors (Lipinski definition) is 4. The molecule has 84 valence electrons. The van der Waals surface area contributed by atoms with Crippen molar-refractivity contribution in [2.75, 3.05) is 13.1 Å². The van der Waals surface area contributed by atoms with Crippen molar-refractivity contribution in [1.82, 2.24) is 14.7 Å². The molecule has 1 fully saturated rings. The van der Waals surface area contributed by atoms with E-state index in [1.165, 1.54) is 23.2 Å². The van der Waals surface area contributed by atoms with E-state index in [0.717, 1.165) is 4.68 Å². The van der Waals surface area contributed by atoms with E-state index in [1.807, 2.05) is 0 Å². The molecule has 0 saturated carbocycles. The smallest absolute Gasteiger partial charge is 0.267 e. The molecule has 0 spiro atoms. The lowest BCUT2D eigenvalue weighted by Gasteiger charge is -2.14. The van der Waals surface area contributed by atoms with Gasteiger partial charge in [0.1, 0.15) is 6.54 Å². The number of Topliss-reactive ketones (excluding diaryl/α,β-unsaturated/α-hetero) is 1. The molecule has 0 radical (unpaired) electrons. The van der Waals surface area contributed by atoms with E-state index in [9.17, 15) is 14.4 Å². The zero-order valence-corrected chi connectivity index (χ0v) is 8.63. The summed E-state index contributed by atoms with van der Waals surface area (Å²) in [5.41, 5.74) is -0.318. The van der Waals surface area contributed by atoms with Gasteiger partial charge in [0.25, 0.3) is 5.56 Å². The topological polar surface area (TPSA) is 72.3 Å². The molecule has 0 bridgehead atoms. The lowest BCUT2D eigenvalue weighted by molar-refractivity contribution is -0.132. The van der Waals surface area contributed by atoms with Gasteiger partial charge in [-0.2, -0.15) is 5.10 Å². The number of rotatable bonds is 2. The van der Waals surface area contributed by atoms with Crippen molar-refractivity contribution in [1.29, 1.82) is 0 Å². The molecule has 2 rings (SSSR count). The van der Waals surface area contributed by atoms with Gasteiger partial charge < -0.3 is 4.90 Å². The maximum atomic E-state index is 11.7. The Morgan fingerprint density at radius 2 is 2.25 bits per heavy atom. The Bertz CT molecular complexity index is 480. The first-order chi connectivity index (χ1) is 7.66. The molecule has 1 amide bonds. The average Bonchev–Trinajstić information content (AvgIpc) is 2.68. The quantitative estimate of drug-likeness (QED) is 0.645. The Balaban J connectivity index is 2.05. The molecule has 16 heavy (non-hydrogen) atoms. The van der Waals surface area contributed by atoms with Crippen molar-refractivity contribution in [2.45, 2.75) is 13.0 Å². The Morgan fingerprint density at radius 3 is 2.88 bits per heavy atom. The van der Waals surface area contributed by atoms with Gasteiger partial charge in [0.05, 0.1) is 6.54 Å². The molecule has 1 aromatic rings. The van der Waals surface area contributed by atoms with E-state index in [2.05, 4.69) is 5.10 Å². The number of nitrogens with zero attached hydrogens (tertiary/aromatic N) is 3. The maximum Gasteiger partial charge on any atom is 0.267 e. The minimum Gasteiger partial charge on any atom is -0.333 e. The fourth-order valence-electron chi connectivity index (χ4n) is 1.58. The lowest BCUT2D eigenvalue weighted by atomic mass is 10.4. The fourth-order valence-corrected chi connectivity index (χ4v) is 1.58. The van der Waals surface area contributed by atoms with Crippen molar-refractivity contribution in [2.24, 2.45) is 0 Å². The second kappa shape index (κ2) is 4.26. The van der Waals surface area contributed by atoms with Crippen LogP contribution in [0.1, 0.15) is 6.42 Å². The molecule has 1 aliphatic rings. The van der Waals surface area contributed by atoms with E-state index >= 15 is 0 Å². The van der Waals surface area contributed by atoms with Gasteiger partial charge in [-0.3, -0.25) is 14.4 Å². The van der Waals surface area contributed by atoms with Crippen LogP contribution in [-0.4, -0.2) is 39.5 Å². The summed E-state index contributed by atoms with van der Waals surface area (Å²) in [6, 6.07) is 2.86. The van der Waals surface area contributed by atoms with Crippen LogP contribution in [0.3, 0.4) is 0 Å². The molecular weight excluding hydrogens is 210 g/mol. The highest BCUT2D eigenvalue weighted by Gasteiger charge is 2.24. The third kappa shape index (κ3) is 2.16. The molecule has 0 aliphatic carbocycles. The van der Waals surface area contributed by atoms with Gasteiger partial charge in [-0.1, -0.05) is 0 Å². The van der Waals surface area contributed by atoms with E-state index in [1.54, 1.807) is 0 Å². The van der Waals surface area contributed by atoms with Crippen LogP contribution in [0.25, 0.3) is 0 Å². The summed E-state index contributed by atoms with van der Waals surface area (Å²) in [7, 11) is 0. The monoisotopic (exact) mass is 221 g/mol. The van der Waals surface area contributed by atoms with E-state index in [4.69, 9.17) is 0 Å². The first-order valence-corrected chi connectivity index (χ1v) is 4.98. The number of ketones is 1. The van der Waals surface area contributed by atoms with Crippen LogP contribution in [0.2, 0.25) is 0 Å². The van der Waals surface area contributed by atoms with E-state index < -0.39 is 0 Å². The second-order valence-electron chi connectivity index (χ2n) is 3.62. The zero-order chi connectivity index (χ0) is 11.5. The summed E-state index contributed by atoms with van der Waals surface area (Å²) < 4.78 is 1.09. The molecule has 1 aromatic heterocycles. The third-order valence-electron chi connectivity index (χ3n) is 2.45. The van der Waals surface area contributed by atoms with Gasteiger partial charge in [-0.25, -0.2) is 4.68 Å². The van der Waals surface area contributed by atoms with Crippen LogP contribution >= 0.6 is 0 Å². The van der Waals surface area contributed by atoms with Gasteiger partial charge in [0.2, 0.25) is 5.91 Å². The van der Waals surface area contributed by atoms with Crippen LogP contribution in [0.4, 0.5) is 0 Å². The summed E-state index contributed by atoms with van der Waals surface area (Å²) in [5.74, 6) is -0.187. The second-order valence-corrected chi connectivity index (χ2v) is 3.62. The molecule has 0 aromatic carbocycles. The fraction of sp³-hybridized carbons (Fsp3) is 0.400. The first-order valence-electron chi connectivity index (χ1n) is 4.98. The highest BCUT2D eigenvalue weighted by Crippen LogP contribution is 2.04. The first kappa shape index (κ1) is 10.5. The molecular formula is C10H11N3O3. The molecule has 6 heteroatoms. The number of carbonyl (C=O) groups is 2. The van der Waals surface area contributed by atoms with Gasteiger partial charge in [0.15, 0.2) is 5.78 Å². The third-order valence-corrected chi connectivity index (χ3v) is 2.45. The van der Waals surface area contributed by atoms with Gasteiger partial charge in [-0.05, 0) is 6.07 Å². The summed E-state index contributed by atoms with van der Waals surface area (Å²) in [4.78, 5) is 35.4. The SMILES string of the molecule is O=C1CCN(C(=O)Cn2ncccc2=O)C1. The minimum atomic E-state index is -0.318. The van der Waals surface area contributed by atoms with Crippen LogP contribution in [-0.2, 0) is 16.1 Å². The Hall–Kier alpha value is -1.98. The molecule has 0 unspecified atom stereocenters. The Labute approximate surface area is 91.5 Å². The number of aromatic nitrogens is 2. The summed E-state index contributed by atoms with van der Waals surface area (Å²) >= 11 is 0. The van der Waals surface area contributed by atoms with Crippen molar-refractivity contribution in [3.63, 3.8) is 0 Å². The number of likely N-dealkylation sites (tertiary alicyclic amines) is 1. The Kier molecular flexibility index (Phi) is 2.80. The Morgan fingerprint density at radius 1 is 1.44 bits per heavy atom. The number of carbonyl (C=O) groups excluding carboxylic acids is 2. The van der Waals surface area contributed by atoms with Crippen molar-refractivity contribution in [3.05, 3.63) is 28.7 Å². The standard InChI is InChI=1S/C10H11N3O3/c14-8-3-5-12(6-8)10(16)7-13-9(15)2-1-4-11-13/h1-2,4H,3,5-7H2. The highest BCUT2D eigenvalue weighted by atomic mass is 16.2. The summed E-state index contributed by atoms with van der Waals surface area (Å²) in [6.45, 7) is 0.493. The van der Waals surface area contributed by atoms with E-state index in [-0.39, 0.29) is 30.3 Å². The maximum absolute atomic E-state index is 11.7. The highest BCUT2D eigenvalue weighted by molar-refractivity contribution is 5.89. The van der Waals surface area contributed by atoms with Gasteiger partial charge in [-0.15, -0.1) is 0 Å². The molecule has 1 aliphatic heterocycles. The minimum absolute atomic E-state index is 0.0571. The molecule has 1 saturated heterocycles. The predicted octanol–water partition coefficient (Wildman–Crippen LogP) is -0.955. The van der Waals surface area contributed by atoms with Gasteiger partial charge in [0, 0.05) is 25.2 Å². The molecule has 0 atom stereocenters. The van der Waals surface area contributed by atoms with Crippen LogP contribution in [0, 0.1) is 0 Å². The molecule has 0 N–H and O–H groups in total.